The lowest BCUT2D eigenvalue weighted by atomic mass is 9.96. The fourth-order valence-electron chi connectivity index (χ4n) is 1.83. The van der Waals surface area contributed by atoms with Gasteiger partial charge in [-0.2, -0.15) is 5.26 Å². The van der Waals surface area contributed by atoms with Crippen LogP contribution in [0.1, 0.15) is 19.4 Å². The summed E-state index contributed by atoms with van der Waals surface area (Å²) >= 11 is 0. The summed E-state index contributed by atoms with van der Waals surface area (Å²) in [6, 6.07) is 10.4. The van der Waals surface area contributed by atoms with Crippen molar-refractivity contribution in [3.05, 3.63) is 29.8 Å². The smallest absolute Gasteiger partial charge is 0.122 e. The number of nitriles is 1. The summed E-state index contributed by atoms with van der Waals surface area (Å²) in [5.74, 6) is 1.39. The lowest BCUT2D eigenvalue weighted by Gasteiger charge is -2.22. The molecule has 1 rings (SSSR count). The number of hydrogen-bond donors (Lipinski definition) is 1. The molecule has 92 valence electrons. The highest BCUT2D eigenvalue weighted by molar-refractivity contribution is 5.33. The lowest BCUT2D eigenvalue weighted by Crippen LogP contribution is -2.36. The van der Waals surface area contributed by atoms with Crippen LogP contribution in [-0.4, -0.2) is 19.7 Å². The van der Waals surface area contributed by atoms with Crippen molar-refractivity contribution >= 4 is 0 Å². The minimum absolute atomic E-state index is 0.297. The van der Waals surface area contributed by atoms with E-state index < -0.39 is 0 Å². The third kappa shape index (κ3) is 4.08. The van der Waals surface area contributed by atoms with Crippen molar-refractivity contribution in [3.63, 3.8) is 0 Å². The van der Waals surface area contributed by atoms with E-state index in [0.29, 0.717) is 18.5 Å². The fraction of sp³-hybridized carbons (Fsp3) is 0.500. The molecule has 17 heavy (non-hydrogen) atoms. The van der Waals surface area contributed by atoms with Gasteiger partial charge in [-0.3, -0.25) is 0 Å². The van der Waals surface area contributed by atoms with E-state index in [1.807, 2.05) is 18.2 Å². The van der Waals surface area contributed by atoms with Crippen molar-refractivity contribution in [1.29, 1.82) is 5.26 Å². The SMILES string of the molecule is COc1ccccc1C[C@@H](NCC#N)C(C)C. The second-order valence-corrected chi connectivity index (χ2v) is 4.41. The number of benzene rings is 1. The Kier molecular flexibility index (Phi) is 5.51. The number of ether oxygens (including phenoxy) is 1. The Morgan fingerprint density at radius 3 is 2.65 bits per heavy atom. The number of methoxy groups -OCH3 is 1. The molecule has 0 fully saturated rings. The number of nitrogens with one attached hydrogen (secondary N) is 1. The highest BCUT2D eigenvalue weighted by Gasteiger charge is 2.15. The van der Waals surface area contributed by atoms with Crippen LogP contribution in [0.15, 0.2) is 24.3 Å². The molecule has 0 radical (unpaired) electrons. The molecule has 0 spiro atoms. The zero-order valence-electron chi connectivity index (χ0n) is 10.7. The maximum atomic E-state index is 8.63. The molecule has 0 saturated heterocycles. The van der Waals surface area contributed by atoms with Crippen LogP contribution in [0.4, 0.5) is 0 Å². The van der Waals surface area contributed by atoms with Gasteiger partial charge in [0.25, 0.3) is 0 Å². The molecule has 3 heteroatoms. The zero-order chi connectivity index (χ0) is 12.7. The highest BCUT2D eigenvalue weighted by Crippen LogP contribution is 2.20. The van der Waals surface area contributed by atoms with Crippen molar-refractivity contribution in [1.82, 2.24) is 5.32 Å². The highest BCUT2D eigenvalue weighted by atomic mass is 16.5. The van der Waals surface area contributed by atoms with Gasteiger partial charge in [0.15, 0.2) is 0 Å². The molecule has 0 aliphatic carbocycles. The zero-order valence-corrected chi connectivity index (χ0v) is 10.7. The first-order valence-electron chi connectivity index (χ1n) is 5.91. The fourth-order valence-corrected chi connectivity index (χ4v) is 1.83. The molecule has 3 nitrogen and oxygen atoms in total. The maximum Gasteiger partial charge on any atom is 0.122 e. The molecule has 0 saturated carbocycles. The quantitative estimate of drug-likeness (QED) is 0.766. The van der Waals surface area contributed by atoms with Gasteiger partial charge < -0.3 is 10.1 Å². The van der Waals surface area contributed by atoms with Crippen LogP contribution in [0.3, 0.4) is 0 Å². The van der Waals surface area contributed by atoms with Crippen molar-refractivity contribution < 1.29 is 4.74 Å². The van der Waals surface area contributed by atoms with Crippen LogP contribution < -0.4 is 10.1 Å². The third-order valence-corrected chi connectivity index (χ3v) is 2.88. The minimum atomic E-state index is 0.297. The molecular formula is C14H20N2O. The molecular weight excluding hydrogens is 212 g/mol. The van der Waals surface area contributed by atoms with Gasteiger partial charge in [0.2, 0.25) is 0 Å². The second kappa shape index (κ2) is 6.93. The normalized spacial score (nSPS) is 12.2. The number of rotatable bonds is 6. The first-order chi connectivity index (χ1) is 8.19. The molecule has 0 bridgehead atoms. The van der Waals surface area contributed by atoms with Gasteiger partial charge in [0.05, 0.1) is 19.7 Å². The molecule has 0 amide bonds. The van der Waals surface area contributed by atoms with Crippen molar-refractivity contribution in [2.45, 2.75) is 26.3 Å². The van der Waals surface area contributed by atoms with Crippen molar-refractivity contribution in [3.8, 4) is 11.8 Å². The van der Waals surface area contributed by atoms with E-state index in [1.54, 1.807) is 7.11 Å². The first-order valence-corrected chi connectivity index (χ1v) is 5.91. The van der Waals surface area contributed by atoms with E-state index in [9.17, 15) is 0 Å². The molecule has 1 aromatic rings. The summed E-state index contributed by atoms with van der Waals surface area (Å²) < 4.78 is 5.34. The minimum Gasteiger partial charge on any atom is -0.496 e. The van der Waals surface area contributed by atoms with E-state index in [2.05, 4.69) is 31.3 Å². The summed E-state index contributed by atoms with van der Waals surface area (Å²) in [6.45, 7) is 4.70. The van der Waals surface area contributed by atoms with E-state index in [4.69, 9.17) is 10.00 Å². The van der Waals surface area contributed by atoms with Crippen LogP contribution >= 0.6 is 0 Å². The number of para-hydroxylation sites is 1. The molecule has 0 unspecified atom stereocenters. The van der Waals surface area contributed by atoms with Crippen molar-refractivity contribution in [2.24, 2.45) is 5.92 Å². The summed E-state index contributed by atoms with van der Waals surface area (Å²) in [5, 5.41) is 11.9. The summed E-state index contributed by atoms with van der Waals surface area (Å²) in [4.78, 5) is 0. The number of hydrogen-bond acceptors (Lipinski definition) is 3. The topological polar surface area (TPSA) is 45.0 Å². The van der Waals surface area contributed by atoms with Crippen molar-refractivity contribution in [2.75, 3.05) is 13.7 Å². The van der Waals surface area contributed by atoms with Gasteiger partial charge in [-0.25, -0.2) is 0 Å². The molecule has 1 atom stereocenters. The molecule has 1 N–H and O–H groups in total. The van der Waals surface area contributed by atoms with Crippen LogP contribution in [-0.2, 0) is 6.42 Å². The van der Waals surface area contributed by atoms with E-state index in [0.717, 1.165) is 12.2 Å². The van der Waals surface area contributed by atoms with Gasteiger partial charge in [0.1, 0.15) is 5.75 Å². The summed E-state index contributed by atoms with van der Waals surface area (Å²) in [7, 11) is 1.69. The van der Waals surface area contributed by atoms with Crippen LogP contribution in [0, 0.1) is 17.2 Å². The van der Waals surface area contributed by atoms with Gasteiger partial charge in [-0.1, -0.05) is 32.0 Å². The average molecular weight is 232 g/mol. The number of nitrogens with zero attached hydrogens (tertiary/aromatic N) is 1. The Balaban J connectivity index is 2.75. The standard InChI is InChI=1S/C14H20N2O/c1-11(2)13(16-9-8-15)10-12-6-4-5-7-14(12)17-3/h4-7,11,13,16H,9-10H2,1-3H3/t13-/m1/s1. The van der Waals surface area contributed by atoms with E-state index >= 15 is 0 Å². The van der Waals surface area contributed by atoms with E-state index in [-0.39, 0.29) is 0 Å². The first kappa shape index (κ1) is 13.5. The Morgan fingerprint density at radius 1 is 1.35 bits per heavy atom. The van der Waals surface area contributed by atoms with Crippen LogP contribution in [0.25, 0.3) is 0 Å². The van der Waals surface area contributed by atoms with Gasteiger partial charge in [0, 0.05) is 6.04 Å². The average Bonchev–Trinajstić information content (AvgIpc) is 2.34. The van der Waals surface area contributed by atoms with Crippen LogP contribution in [0.5, 0.6) is 5.75 Å². The maximum absolute atomic E-state index is 8.63. The Bertz CT molecular complexity index is 382. The molecule has 0 aliphatic rings. The predicted octanol–water partition coefficient (Wildman–Crippen LogP) is 2.38. The monoisotopic (exact) mass is 232 g/mol. The Hall–Kier alpha value is -1.53. The van der Waals surface area contributed by atoms with Gasteiger partial charge >= 0.3 is 0 Å². The van der Waals surface area contributed by atoms with Gasteiger partial charge in [-0.15, -0.1) is 0 Å². The molecule has 1 aromatic carbocycles. The lowest BCUT2D eigenvalue weighted by molar-refractivity contribution is 0.387. The Labute approximate surface area is 103 Å². The van der Waals surface area contributed by atoms with Gasteiger partial charge in [-0.05, 0) is 24.0 Å². The Morgan fingerprint density at radius 2 is 2.06 bits per heavy atom. The summed E-state index contributed by atoms with van der Waals surface area (Å²) in [6.07, 6.45) is 0.878. The third-order valence-electron chi connectivity index (χ3n) is 2.88. The molecule has 0 heterocycles. The predicted molar refractivity (Wildman–Crippen MR) is 68.9 cm³/mol. The van der Waals surface area contributed by atoms with E-state index in [1.165, 1.54) is 5.56 Å². The molecule has 0 aliphatic heterocycles. The summed E-state index contributed by atoms with van der Waals surface area (Å²) in [5.41, 5.74) is 1.18. The molecule has 0 aromatic heterocycles. The van der Waals surface area contributed by atoms with Crippen LogP contribution in [0.2, 0.25) is 0 Å². The second-order valence-electron chi connectivity index (χ2n) is 4.41. The largest absolute Gasteiger partial charge is 0.496 e.